The summed E-state index contributed by atoms with van der Waals surface area (Å²) in [7, 11) is -0.0194. The van der Waals surface area contributed by atoms with Crippen molar-refractivity contribution in [2.24, 2.45) is 0 Å². The maximum atomic E-state index is 13.2. The minimum Gasteiger partial charge on any atom is -0.462 e. The first-order chi connectivity index (χ1) is 15.8. The van der Waals surface area contributed by atoms with Crippen LogP contribution in [0.3, 0.4) is 0 Å². The molecule has 33 heavy (non-hydrogen) atoms. The molecule has 4 rings (SSSR count). The number of aromatic nitrogens is 2. The average Bonchev–Trinajstić information content (AvgIpc) is 2.83. The number of sulfonamides is 1. The molecule has 3 aromatic rings. The molecular formula is C23H27N5O4S. The zero-order chi connectivity index (χ0) is 23.6. The van der Waals surface area contributed by atoms with Crippen LogP contribution >= 0.6 is 0 Å². The van der Waals surface area contributed by atoms with E-state index in [1.807, 2.05) is 35.2 Å². The van der Waals surface area contributed by atoms with Gasteiger partial charge in [-0.15, -0.1) is 0 Å². The van der Waals surface area contributed by atoms with E-state index in [2.05, 4.69) is 9.97 Å². The van der Waals surface area contributed by atoms with Crippen molar-refractivity contribution in [3.8, 4) is 0 Å². The lowest BCUT2D eigenvalue weighted by atomic mass is 10.1. The zero-order valence-corrected chi connectivity index (χ0v) is 19.7. The molecule has 0 aliphatic carbocycles. The summed E-state index contributed by atoms with van der Waals surface area (Å²) in [6.45, 7) is 3.52. The first-order valence-corrected chi connectivity index (χ1v) is 12.2. The number of rotatable bonds is 6. The molecule has 0 unspecified atom stereocenters. The molecule has 0 amide bonds. The standard InChI is InChI=1S/C23H27N5O4S/c1-4-32-22(29)20-16-24-23(25-21(20)26(2)3)27-11-13-28(14-12-27)33(30,31)19-10-9-17-7-5-6-8-18(17)15-19/h5-10,15-16H,4,11-14H2,1-3H3. The topological polar surface area (TPSA) is 95.9 Å². The Morgan fingerprint density at radius 1 is 1.06 bits per heavy atom. The SMILES string of the molecule is CCOC(=O)c1cnc(N2CCN(S(=O)(=O)c3ccc4ccccc4c3)CC2)nc1N(C)C. The monoisotopic (exact) mass is 469 g/mol. The van der Waals surface area contributed by atoms with Crippen molar-refractivity contribution >= 4 is 38.5 Å². The van der Waals surface area contributed by atoms with Crippen LogP contribution in [0.25, 0.3) is 10.8 Å². The molecule has 9 nitrogen and oxygen atoms in total. The highest BCUT2D eigenvalue weighted by atomic mass is 32.2. The predicted octanol–water partition coefficient (Wildman–Crippen LogP) is 2.38. The lowest BCUT2D eigenvalue weighted by Gasteiger charge is -2.34. The molecule has 2 aromatic carbocycles. The van der Waals surface area contributed by atoms with Crippen LogP contribution in [0.15, 0.2) is 53.6 Å². The number of esters is 1. The van der Waals surface area contributed by atoms with E-state index in [0.29, 0.717) is 48.4 Å². The van der Waals surface area contributed by atoms with Crippen molar-refractivity contribution in [2.45, 2.75) is 11.8 Å². The molecule has 0 atom stereocenters. The number of anilines is 2. The Hall–Kier alpha value is -3.24. The van der Waals surface area contributed by atoms with Crippen LogP contribution in [0.4, 0.5) is 11.8 Å². The minimum absolute atomic E-state index is 0.265. The summed E-state index contributed by atoms with van der Waals surface area (Å²) < 4.78 is 33.0. The van der Waals surface area contributed by atoms with Gasteiger partial charge in [0.2, 0.25) is 16.0 Å². The van der Waals surface area contributed by atoms with Gasteiger partial charge in [-0.25, -0.2) is 18.2 Å². The molecule has 10 heteroatoms. The van der Waals surface area contributed by atoms with Crippen LogP contribution in [-0.4, -0.2) is 75.5 Å². The number of carbonyl (C=O) groups is 1. The summed E-state index contributed by atoms with van der Waals surface area (Å²) in [6.07, 6.45) is 1.47. The van der Waals surface area contributed by atoms with Crippen LogP contribution < -0.4 is 9.80 Å². The molecule has 1 aromatic heterocycles. The fourth-order valence-electron chi connectivity index (χ4n) is 3.82. The van der Waals surface area contributed by atoms with E-state index in [1.54, 1.807) is 38.1 Å². The van der Waals surface area contributed by atoms with Gasteiger partial charge in [0.05, 0.1) is 11.5 Å². The van der Waals surface area contributed by atoms with Gasteiger partial charge in [0, 0.05) is 46.5 Å². The van der Waals surface area contributed by atoms with E-state index in [-0.39, 0.29) is 6.61 Å². The summed E-state index contributed by atoms with van der Waals surface area (Å²) in [5.41, 5.74) is 0.295. The third kappa shape index (κ3) is 4.62. The molecule has 0 N–H and O–H groups in total. The molecule has 0 radical (unpaired) electrons. The summed E-state index contributed by atoms with van der Waals surface area (Å²) in [5, 5.41) is 1.89. The normalized spacial score (nSPS) is 14.9. The van der Waals surface area contributed by atoms with Gasteiger partial charge in [-0.1, -0.05) is 30.3 Å². The molecule has 1 aliphatic rings. The van der Waals surface area contributed by atoms with Gasteiger partial charge < -0.3 is 14.5 Å². The second kappa shape index (κ2) is 9.32. The molecule has 174 valence electrons. The Kier molecular flexibility index (Phi) is 6.48. The van der Waals surface area contributed by atoms with Crippen LogP contribution in [0.2, 0.25) is 0 Å². The highest BCUT2D eigenvalue weighted by Crippen LogP contribution is 2.25. The number of piperazine rings is 1. The number of fused-ring (bicyclic) bond motifs is 1. The van der Waals surface area contributed by atoms with Gasteiger partial charge in [0.15, 0.2) is 0 Å². The van der Waals surface area contributed by atoms with E-state index < -0.39 is 16.0 Å². The summed E-state index contributed by atoms with van der Waals surface area (Å²) in [5.74, 6) is 0.443. The highest BCUT2D eigenvalue weighted by Gasteiger charge is 2.30. The quantitative estimate of drug-likeness (QED) is 0.508. The van der Waals surface area contributed by atoms with E-state index >= 15 is 0 Å². The third-order valence-corrected chi connectivity index (χ3v) is 7.45. The Labute approximate surface area is 193 Å². The number of nitrogens with zero attached hydrogens (tertiary/aromatic N) is 5. The molecular weight excluding hydrogens is 442 g/mol. The van der Waals surface area contributed by atoms with Crippen LogP contribution in [0, 0.1) is 0 Å². The molecule has 0 spiro atoms. The van der Waals surface area contributed by atoms with Crippen molar-refractivity contribution in [3.63, 3.8) is 0 Å². The smallest absolute Gasteiger partial charge is 0.343 e. The number of benzene rings is 2. The van der Waals surface area contributed by atoms with E-state index in [0.717, 1.165) is 10.8 Å². The average molecular weight is 470 g/mol. The fraction of sp³-hybridized carbons (Fsp3) is 0.348. The van der Waals surface area contributed by atoms with Crippen molar-refractivity contribution in [1.29, 1.82) is 0 Å². The number of carbonyl (C=O) groups excluding carboxylic acids is 1. The van der Waals surface area contributed by atoms with Crippen molar-refractivity contribution in [2.75, 3.05) is 56.7 Å². The van der Waals surface area contributed by atoms with Crippen molar-refractivity contribution in [1.82, 2.24) is 14.3 Å². The second-order valence-electron chi connectivity index (χ2n) is 7.92. The summed E-state index contributed by atoms with van der Waals surface area (Å²) in [4.78, 5) is 25.1. The van der Waals surface area contributed by atoms with Gasteiger partial charge in [0.1, 0.15) is 11.4 Å². The molecule has 1 fully saturated rings. The molecule has 1 aliphatic heterocycles. The van der Waals surface area contributed by atoms with E-state index in [9.17, 15) is 13.2 Å². The van der Waals surface area contributed by atoms with Gasteiger partial charge in [0.25, 0.3) is 0 Å². The number of hydrogen-bond donors (Lipinski definition) is 0. The maximum absolute atomic E-state index is 13.2. The van der Waals surface area contributed by atoms with E-state index in [1.165, 1.54) is 10.5 Å². The van der Waals surface area contributed by atoms with Crippen LogP contribution in [-0.2, 0) is 14.8 Å². The van der Waals surface area contributed by atoms with Gasteiger partial charge in [-0.2, -0.15) is 9.29 Å². The molecule has 1 saturated heterocycles. The third-order valence-electron chi connectivity index (χ3n) is 5.56. The molecule has 2 heterocycles. The second-order valence-corrected chi connectivity index (χ2v) is 9.86. The summed E-state index contributed by atoms with van der Waals surface area (Å²) in [6, 6.07) is 12.9. The first kappa shape index (κ1) is 22.9. The Bertz CT molecular complexity index is 1270. The Balaban J connectivity index is 1.51. The van der Waals surface area contributed by atoms with Crippen LogP contribution in [0.5, 0.6) is 0 Å². The molecule has 0 bridgehead atoms. The highest BCUT2D eigenvalue weighted by molar-refractivity contribution is 7.89. The fourth-order valence-corrected chi connectivity index (χ4v) is 5.27. The van der Waals surface area contributed by atoms with Crippen molar-refractivity contribution in [3.05, 3.63) is 54.2 Å². The Morgan fingerprint density at radius 3 is 2.42 bits per heavy atom. The minimum atomic E-state index is -3.61. The molecule has 0 saturated carbocycles. The number of ether oxygens (including phenoxy) is 1. The van der Waals surface area contributed by atoms with Gasteiger partial charge in [-0.3, -0.25) is 0 Å². The summed E-state index contributed by atoms with van der Waals surface area (Å²) >= 11 is 0. The van der Waals surface area contributed by atoms with Gasteiger partial charge >= 0.3 is 5.97 Å². The predicted molar refractivity (Wildman–Crippen MR) is 127 cm³/mol. The van der Waals surface area contributed by atoms with E-state index in [4.69, 9.17) is 4.74 Å². The van der Waals surface area contributed by atoms with Gasteiger partial charge in [-0.05, 0) is 29.8 Å². The van der Waals surface area contributed by atoms with Crippen molar-refractivity contribution < 1.29 is 17.9 Å². The lowest BCUT2D eigenvalue weighted by molar-refractivity contribution is 0.0526. The Morgan fingerprint density at radius 2 is 1.76 bits per heavy atom. The lowest BCUT2D eigenvalue weighted by Crippen LogP contribution is -2.49. The zero-order valence-electron chi connectivity index (χ0n) is 18.9. The largest absolute Gasteiger partial charge is 0.462 e. The maximum Gasteiger partial charge on any atom is 0.343 e. The number of hydrogen-bond acceptors (Lipinski definition) is 8. The van der Waals surface area contributed by atoms with Crippen LogP contribution in [0.1, 0.15) is 17.3 Å². The first-order valence-electron chi connectivity index (χ1n) is 10.8.